The summed E-state index contributed by atoms with van der Waals surface area (Å²) in [6.45, 7) is 7.66. The fraction of sp³-hybridized carbons (Fsp3) is 0.333. The predicted molar refractivity (Wildman–Crippen MR) is 134 cm³/mol. The molecular weight excluding hydrogens is 426 g/mol. The first-order valence-electron chi connectivity index (χ1n) is 11.6. The Morgan fingerprint density at radius 1 is 0.971 bits per heavy atom. The van der Waals surface area contributed by atoms with Crippen molar-refractivity contribution in [3.8, 4) is 0 Å². The zero-order valence-corrected chi connectivity index (χ0v) is 20.0. The van der Waals surface area contributed by atoms with Crippen molar-refractivity contribution in [2.24, 2.45) is 5.10 Å². The monoisotopic (exact) mass is 457 g/mol. The lowest BCUT2D eigenvalue weighted by atomic mass is 9.87. The fourth-order valence-electron chi connectivity index (χ4n) is 3.87. The van der Waals surface area contributed by atoms with Crippen LogP contribution in [0.2, 0.25) is 0 Å². The van der Waals surface area contributed by atoms with Gasteiger partial charge in [0.25, 0.3) is 0 Å². The van der Waals surface area contributed by atoms with Crippen LogP contribution in [0.5, 0.6) is 0 Å². The summed E-state index contributed by atoms with van der Waals surface area (Å²) in [5, 5.41) is 13.1. The molecule has 0 aliphatic carbocycles. The minimum Gasteiger partial charge on any atom is -0.311 e. The predicted octanol–water partition coefficient (Wildman–Crippen LogP) is 4.58. The molecule has 34 heavy (non-hydrogen) atoms. The van der Waals surface area contributed by atoms with Crippen LogP contribution in [0.1, 0.15) is 56.7 Å². The van der Waals surface area contributed by atoms with Gasteiger partial charge in [-0.2, -0.15) is 10.2 Å². The number of nitrogens with one attached hydrogen (secondary N) is 1. The first-order valence-corrected chi connectivity index (χ1v) is 11.6. The highest BCUT2D eigenvalue weighted by molar-refractivity contribution is 6.02. The molecule has 0 radical (unpaired) electrons. The molecule has 7 nitrogen and oxygen atoms in total. The van der Waals surface area contributed by atoms with Crippen LogP contribution < -0.4 is 5.32 Å². The van der Waals surface area contributed by atoms with E-state index in [4.69, 9.17) is 0 Å². The quantitative estimate of drug-likeness (QED) is 0.564. The molecule has 1 aliphatic heterocycles. The number of rotatable bonds is 7. The SMILES string of the molecule is CC(C)(C)c1ccc(Cn2nccc2NC(=O)CCC(=O)N2CCC(c3ccccc3)=N2)cc1. The van der Waals surface area contributed by atoms with E-state index in [-0.39, 0.29) is 30.1 Å². The summed E-state index contributed by atoms with van der Waals surface area (Å²) >= 11 is 0. The number of benzene rings is 2. The fourth-order valence-corrected chi connectivity index (χ4v) is 3.87. The maximum atomic E-state index is 12.6. The van der Waals surface area contributed by atoms with Crippen LogP contribution in [-0.2, 0) is 21.5 Å². The Labute approximate surface area is 200 Å². The minimum atomic E-state index is -0.218. The average Bonchev–Trinajstić information content (AvgIpc) is 3.48. The van der Waals surface area contributed by atoms with Crippen LogP contribution in [-0.4, -0.2) is 38.9 Å². The number of hydrogen-bond acceptors (Lipinski definition) is 4. The average molecular weight is 458 g/mol. The third-order valence-electron chi connectivity index (χ3n) is 5.90. The topological polar surface area (TPSA) is 79.6 Å². The van der Waals surface area contributed by atoms with Gasteiger partial charge in [0.2, 0.25) is 11.8 Å². The first-order chi connectivity index (χ1) is 16.3. The van der Waals surface area contributed by atoms with Crippen molar-refractivity contribution in [2.45, 2.75) is 52.0 Å². The third-order valence-corrected chi connectivity index (χ3v) is 5.90. The highest BCUT2D eigenvalue weighted by Gasteiger charge is 2.22. The van der Waals surface area contributed by atoms with Crippen LogP contribution in [0.3, 0.4) is 0 Å². The molecule has 2 aromatic carbocycles. The lowest BCUT2D eigenvalue weighted by Gasteiger charge is -2.19. The molecule has 3 aromatic rings. The van der Waals surface area contributed by atoms with Crippen LogP contribution in [0.4, 0.5) is 5.82 Å². The van der Waals surface area contributed by atoms with Gasteiger partial charge in [-0.05, 0) is 22.1 Å². The number of carbonyl (C=O) groups excluding carboxylic acids is 2. The molecule has 0 saturated carbocycles. The van der Waals surface area contributed by atoms with Crippen molar-refractivity contribution in [2.75, 3.05) is 11.9 Å². The third kappa shape index (κ3) is 5.78. The minimum absolute atomic E-state index is 0.0942. The van der Waals surface area contributed by atoms with Crippen molar-refractivity contribution in [3.05, 3.63) is 83.6 Å². The Kier molecular flexibility index (Phi) is 6.91. The van der Waals surface area contributed by atoms with Gasteiger partial charge in [-0.15, -0.1) is 0 Å². The number of aromatic nitrogens is 2. The van der Waals surface area contributed by atoms with E-state index in [2.05, 4.69) is 60.6 Å². The number of amides is 2. The molecule has 0 fully saturated rings. The molecule has 1 aromatic heterocycles. The summed E-state index contributed by atoms with van der Waals surface area (Å²) in [4.78, 5) is 25.1. The molecule has 0 atom stereocenters. The van der Waals surface area contributed by atoms with E-state index in [1.165, 1.54) is 10.6 Å². The Bertz CT molecular complexity index is 1170. The number of hydrazone groups is 1. The lowest BCUT2D eigenvalue weighted by molar-refractivity contribution is -0.132. The summed E-state index contributed by atoms with van der Waals surface area (Å²) < 4.78 is 1.75. The van der Waals surface area contributed by atoms with Crippen molar-refractivity contribution in [3.63, 3.8) is 0 Å². The Morgan fingerprint density at radius 2 is 1.71 bits per heavy atom. The van der Waals surface area contributed by atoms with Gasteiger partial charge in [0, 0.05) is 25.3 Å². The van der Waals surface area contributed by atoms with E-state index >= 15 is 0 Å². The van der Waals surface area contributed by atoms with Crippen LogP contribution >= 0.6 is 0 Å². The van der Waals surface area contributed by atoms with Gasteiger partial charge in [0.15, 0.2) is 0 Å². The van der Waals surface area contributed by atoms with Crippen molar-refractivity contribution < 1.29 is 9.59 Å². The number of nitrogens with zero attached hydrogens (tertiary/aromatic N) is 4. The van der Waals surface area contributed by atoms with Gasteiger partial charge in [-0.3, -0.25) is 9.59 Å². The standard InChI is InChI=1S/C27H31N5O2/c1-27(2,3)22-11-9-20(10-12-22)19-32-24(15-17-28-32)29-25(33)13-14-26(34)31-18-16-23(30-31)21-7-5-4-6-8-21/h4-12,15,17H,13-14,16,18-19H2,1-3H3,(H,29,33). The first kappa shape index (κ1) is 23.4. The number of hydrogen-bond donors (Lipinski definition) is 1. The van der Waals surface area contributed by atoms with E-state index in [0.717, 1.165) is 23.3 Å². The smallest absolute Gasteiger partial charge is 0.243 e. The van der Waals surface area contributed by atoms with Crippen molar-refractivity contribution in [1.82, 2.24) is 14.8 Å². The highest BCUT2D eigenvalue weighted by Crippen LogP contribution is 2.23. The van der Waals surface area contributed by atoms with Gasteiger partial charge in [-0.25, -0.2) is 9.69 Å². The second kappa shape index (κ2) is 10.0. The zero-order chi connectivity index (χ0) is 24.1. The second-order valence-corrected chi connectivity index (χ2v) is 9.55. The molecule has 7 heteroatoms. The second-order valence-electron chi connectivity index (χ2n) is 9.55. The van der Waals surface area contributed by atoms with Crippen LogP contribution in [0, 0.1) is 0 Å². The zero-order valence-electron chi connectivity index (χ0n) is 20.0. The van der Waals surface area contributed by atoms with Gasteiger partial charge in [0.1, 0.15) is 5.82 Å². The van der Waals surface area contributed by atoms with E-state index in [9.17, 15) is 9.59 Å². The van der Waals surface area contributed by atoms with Crippen LogP contribution in [0.15, 0.2) is 72.0 Å². The van der Waals surface area contributed by atoms with Crippen molar-refractivity contribution >= 4 is 23.3 Å². The number of carbonyl (C=O) groups is 2. The maximum Gasteiger partial charge on any atom is 0.243 e. The van der Waals surface area contributed by atoms with E-state index in [1.807, 2.05) is 30.3 Å². The molecule has 0 bridgehead atoms. The Hall–Kier alpha value is -3.74. The molecule has 176 valence electrons. The van der Waals surface area contributed by atoms with Gasteiger partial charge < -0.3 is 5.32 Å². The molecule has 2 heterocycles. The Morgan fingerprint density at radius 3 is 2.41 bits per heavy atom. The molecule has 1 N–H and O–H groups in total. The highest BCUT2D eigenvalue weighted by atomic mass is 16.2. The molecule has 1 aliphatic rings. The molecule has 0 saturated heterocycles. The maximum absolute atomic E-state index is 12.6. The van der Waals surface area contributed by atoms with E-state index in [0.29, 0.717) is 18.9 Å². The molecule has 4 rings (SSSR count). The lowest BCUT2D eigenvalue weighted by Crippen LogP contribution is -2.25. The summed E-state index contributed by atoms with van der Waals surface area (Å²) in [6.07, 6.45) is 2.59. The van der Waals surface area contributed by atoms with E-state index in [1.54, 1.807) is 16.9 Å². The Balaban J connectivity index is 1.29. The summed E-state index contributed by atoms with van der Waals surface area (Å²) in [7, 11) is 0. The van der Waals surface area contributed by atoms with E-state index < -0.39 is 0 Å². The summed E-state index contributed by atoms with van der Waals surface area (Å²) in [5.41, 5.74) is 4.40. The van der Waals surface area contributed by atoms with Gasteiger partial charge in [0.05, 0.1) is 25.0 Å². The molecular formula is C27H31N5O2. The normalized spacial score (nSPS) is 13.6. The van der Waals surface area contributed by atoms with Crippen molar-refractivity contribution in [1.29, 1.82) is 0 Å². The number of anilines is 1. The molecule has 0 unspecified atom stereocenters. The van der Waals surface area contributed by atoms with Gasteiger partial charge in [-0.1, -0.05) is 75.4 Å². The summed E-state index contributed by atoms with van der Waals surface area (Å²) in [6, 6.07) is 20.1. The van der Waals surface area contributed by atoms with Crippen LogP contribution in [0.25, 0.3) is 0 Å². The van der Waals surface area contributed by atoms with Gasteiger partial charge >= 0.3 is 0 Å². The largest absolute Gasteiger partial charge is 0.311 e. The summed E-state index contributed by atoms with van der Waals surface area (Å²) in [5.74, 6) is 0.251. The molecule has 2 amide bonds. The molecule has 0 spiro atoms.